The Hall–Kier alpha value is -2.33. The smallest absolute Gasteiger partial charge is 0.338 e. The average molecular weight is 348 g/mol. The molecule has 7 heteroatoms. The van der Waals surface area contributed by atoms with Gasteiger partial charge in [-0.15, -0.1) is 0 Å². The molecule has 24 heavy (non-hydrogen) atoms. The van der Waals surface area contributed by atoms with Gasteiger partial charge in [0.05, 0.1) is 18.1 Å². The van der Waals surface area contributed by atoms with E-state index in [4.69, 9.17) is 19.6 Å². The van der Waals surface area contributed by atoms with E-state index in [9.17, 15) is 10.1 Å². The summed E-state index contributed by atoms with van der Waals surface area (Å²) in [7, 11) is 0. The lowest BCUT2D eigenvalue weighted by molar-refractivity contribution is -0.139. The molecule has 0 saturated carbocycles. The molecule has 1 aromatic rings. The van der Waals surface area contributed by atoms with E-state index in [-0.39, 0.29) is 23.6 Å². The maximum atomic E-state index is 12.5. The number of aryl methyl sites for hydroxylation is 1. The highest BCUT2D eigenvalue weighted by molar-refractivity contribution is 7.99. The van der Waals surface area contributed by atoms with Crippen molar-refractivity contribution in [3.05, 3.63) is 40.2 Å². The van der Waals surface area contributed by atoms with Crippen LogP contribution in [-0.4, -0.2) is 18.3 Å². The number of furan rings is 1. The summed E-state index contributed by atoms with van der Waals surface area (Å²) in [5, 5.41) is 10.2. The van der Waals surface area contributed by atoms with E-state index in [0.717, 1.165) is 11.3 Å². The van der Waals surface area contributed by atoms with Crippen LogP contribution in [0.15, 0.2) is 38.4 Å². The van der Waals surface area contributed by atoms with Crippen LogP contribution in [0.1, 0.15) is 38.0 Å². The van der Waals surface area contributed by atoms with Crippen molar-refractivity contribution in [1.29, 1.82) is 5.26 Å². The summed E-state index contributed by atoms with van der Waals surface area (Å²) in [6, 6.07) is 3.89. The van der Waals surface area contributed by atoms with Gasteiger partial charge in [0, 0.05) is 5.56 Å². The van der Waals surface area contributed by atoms with Crippen molar-refractivity contribution in [1.82, 2.24) is 0 Å². The van der Waals surface area contributed by atoms with E-state index in [0.29, 0.717) is 16.6 Å². The minimum Gasteiger partial charge on any atom is -0.463 e. The number of allylic oxidation sites excluding steroid dienone is 2. The van der Waals surface area contributed by atoms with Gasteiger partial charge in [-0.3, -0.25) is 0 Å². The second-order valence-corrected chi connectivity index (χ2v) is 6.38. The second kappa shape index (κ2) is 7.49. The van der Waals surface area contributed by atoms with Gasteiger partial charge >= 0.3 is 5.97 Å². The van der Waals surface area contributed by atoms with E-state index in [2.05, 4.69) is 6.07 Å². The third kappa shape index (κ3) is 3.29. The zero-order valence-corrected chi connectivity index (χ0v) is 15.0. The van der Waals surface area contributed by atoms with E-state index in [1.165, 1.54) is 11.8 Å². The summed E-state index contributed by atoms with van der Waals surface area (Å²) in [5.74, 6) is 0.646. The Morgan fingerprint density at radius 2 is 2.17 bits per heavy atom. The molecular formula is C17H20N2O4S. The van der Waals surface area contributed by atoms with E-state index < -0.39 is 11.9 Å². The SMILES string of the molecule is CCOC(=O)C1=C(C)OC(N)=C(C#N)[C@@H]1c1cc(C)oc1SCC. The van der Waals surface area contributed by atoms with Gasteiger partial charge in [0.2, 0.25) is 5.88 Å². The zero-order chi connectivity index (χ0) is 17.9. The maximum Gasteiger partial charge on any atom is 0.338 e. The number of hydrogen-bond acceptors (Lipinski definition) is 7. The summed E-state index contributed by atoms with van der Waals surface area (Å²) in [4.78, 5) is 12.5. The van der Waals surface area contributed by atoms with Crippen molar-refractivity contribution in [2.45, 2.75) is 38.7 Å². The van der Waals surface area contributed by atoms with Gasteiger partial charge in [-0.1, -0.05) is 18.7 Å². The van der Waals surface area contributed by atoms with Crippen LogP contribution in [0.3, 0.4) is 0 Å². The molecule has 0 unspecified atom stereocenters. The zero-order valence-electron chi connectivity index (χ0n) is 14.1. The summed E-state index contributed by atoms with van der Waals surface area (Å²) in [6.45, 7) is 7.41. The Bertz CT molecular complexity index is 755. The van der Waals surface area contributed by atoms with Crippen molar-refractivity contribution >= 4 is 17.7 Å². The molecule has 0 saturated heterocycles. The Morgan fingerprint density at radius 1 is 1.46 bits per heavy atom. The molecule has 0 aromatic carbocycles. The number of nitriles is 1. The number of carbonyl (C=O) groups is 1. The first-order valence-corrected chi connectivity index (χ1v) is 8.61. The molecule has 2 rings (SSSR count). The van der Waals surface area contributed by atoms with Crippen LogP contribution in [0, 0.1) is 18.3 Å². The molecule has 1 aliphatic heterocycles. The highest BCUT2D eigenvalue weighted by Crippen LogP contribution is 2.44. The fraction of sp³-hybridized carbons (Fsp3) is 0.412. The number of carbonyl (C=O) groups excluding carboxylic acids is 1. The molecule has 128 valence electrons. The monoisotopic (exact) mass is 348 g/mol. The van der Waals surface area contributed by atoms with Crippen LogP contribution < -0.4 is 5.73 Å². The third-order valence-electron chi connectivity index (χ3n) is 3.54. The molecule has 6 nitrogen and oxygen atoms in total. The first kappa shape index (κ1) is 18.0. The Morgan fingerprint density at radius 3 is 2.75 bits per heavy atom. The summed E-state index contributed by atoms with van der Waals surface area (Å²) in [6.07, 6.45) is 0. The van der Waals surface area contributed by atoms with Crippen LogP contribution in [0.5, 0.6) is 0 Å². The van der Waals surface area contributed by atoms with E-state index >= 15 is 0 Å². The molecule has 0 radical (unpaired) electrons. The molecule has 0 spiro atoms. The van der Waals surface area contributed by atoms with Crippen molar-refractivity contribution in [3.8, 4) is 6.07 Å². The Balaban J connectivity index is 2.65. The van der Waals surface area contributed by atoms with Crippen LogP contribution >= 0.6 is 11.8 Å². The number of esters is 1. The number of nitrogens with two attached hydrogens (primary N) is 1. The van der Waals surface area contributed by atoms with Gasteiger partial charge < -0.3 is 19.6 Å². The van der Waals surface area contributed by atoms with Crippen molar-refractivity contribution in [2.75, 3.05) is 12.4 Å². The average Bonchev–Trinajstić information content (AvgIpc) is 2.87. The van der Waals surface area contributed by atoms with Crippen molar-refractivity contribution in [3.63, 3.8) is 0 Å². The number of ether oxygens (including phenoxy) is 2. The molecule has 2 N–H and O–H groups in total. The maximum absolute atomic E-state index is 12.5. The number of rotatable bonds is 5. The van der Waals surface area contributed by atoms with Crippen molar-refractivity contribution in [2.24, 2.45) is 5.73 Å². The molecule has 0 fully saturated rings. The van der Waals surface area contributed by atoms with Crippen molar-refractivity contribution < 1.29 is 18.7 Å². The van der Waals surface area contributed by atoms with Crippen LogP contribution in [-0.2, 0) is 14.3 Å². The Kier molecular flexibility index (Phi) is 5.62. The predicted molar refractivity (Wildman–Crippen MR) is 89.8 cm³/mol. The summed E-state index contributed by atoms with van der Waals surface area (Å²) < 4.78 is 16.3. The van der Waals surface area contributed by atoms with Crippen LogP contribution in [0.4, 0.5) is 0 Å². The number of hydrogen-bond donors (Lipinski definition) is 1. The molecule has 0 amide bonds. The molecular weight excluding hydrogens is 328 g/mol. The van der Waals surface area contributed by atoms with Gasteiger partial charge in [0.15, 0.2) is 5.09 Å². The number of nitrogens with zero attached hydrogens (tertiary/aromatic N) is 1. The lowest BCUT2D eigenvalue weighted by Gasteiger charge is -2.26. The first-order valence-electron chi connectivity index (χ1n) is 7.63. The molecule has 2 heterocycles. The molecule has 1 aromatic heterocycles. The minimum atomic E-state index is -0.658. The van der Waals surface area contributed by atoms with Gasteiger partial charge in [-0.05, 0) is 32.6 Å². The first-order chi connectivity index (χ1) is 11.4. The summed E-state index contributed by atoms with van der Waals surface area (Å²) in [5.41, 5.74) is 7.07. The lowest BCUT2D eigenvalue weighted by atomic mass is 9.84. The van der Waals surface area contributed by atoms with Gasteiger partial charge in [0.1, 0.15) is 23.2 Å². The van der Waals surface area contributed by atoms with Gasteiger partial charge in [0.25, 0.3) is 0 Å². The quantitative estimate of drug-likeness (QED) is 0.643. The highest BCUT2D eigenvalue weighted by atomic mass is 32.2. The predicted octanol–water partition coefficient (Wildman–Crippen LogP) is 3.34. The van der Waals surface area contributed by atoms with E-state index in [1.807, 2.05) is 19.9 Å². The third-order valence-corrected chi connectivity index (χ3v) is 4.41. The van der Waals surface area contributed by atoms with Crippen LogP contribution in [0.2, 0.25) is 0 Å². The molecule has 0 bridgehead atoms. The highest BCUT2D eigenvalue weighted by Gasteiger charge is 2.38. The standard InChI is InChI=1S/C17H20N2O4S/c1-5-21-16(20)13-10(4)23-15(19)12(8-18)14(13)11-7-9(3)22-17(11)24-6-2/h7,14H,5-6,19H2,1-4H3/t14-/m0/s1. The second-order valence-electron chi connectivity index (χ2n) is 5.15. The molecule has 1 aliphatic rings. The summed E-state index contributed by atoms with van der Waals surface area (Å²) >= 11 is 1.50. The van der Waals surface area contributed by atoms with Gasteiger partial charge in [-0.25, -0.2) is 4.79 Å². The lowest BCUT2D eigenvalue weighted by Crippen LogP contribution is -2.25. The molecule has 0 aliphatic carbocycles. The fourth-order valence-electron chi connectivity index (χ4n) is 2.62. The molecule has 1 atom stereocenters. The number of thioether (sulfide) groups is 1. The fourth-order valence-corrected chi connectivity index (χ4v) is 3.42. The minimum absolute atomic E-state index is 0.000602. The van der Waals surface area contributed by atoms with Crippen LogP contribution in [0.25, 0.3) is 0 Å². The normalized spacial score (nSPS) is 17.5. The largest absolute Gasteiger partial charge is 0.463 e. The topological polar surface area (TPSA) is 98.5 Å². The Labute approximate surface area is 145 Å². The van der Waals surface area contributed by atoms with E-state index in [1.54, 1.807) is 13.8 Å². The van der Waals surface area contributed by atoms with Gasteiger partial charge in [-0.2, -0.15) is 5.26 Å².